The van der Waals surface area contributed by atoms with Gasteiger partial charge < -0.3 is 10.6 Å². The zero-order valence-corrected chi connectivity index (χ0v) is 10.1. The topological polar surface area (TPSA) is 54.0 Å². The van der Waals surface area contributed by atoms with E-state index < -0.39 is 5.82 Å². The second kappa shape index (κ2) is 6.51. The molecule has 0 radical (unpaired) electrons. The third kappa shape index (κ3) is 3.94. The quantitative estimate of drug-likeness (QED) is 0.837. The molecule has 1 amide bonds. The highest BCUT2D eigenvalue weighted by molar-refractivity contribution is 5.92. The zero-order chi connectivity index (χ0) is 11.4. The summed E-state index contributed by atoms with van der Waals surface area (Å²) < 4.78 is 12.6. The number of rotatable bonds is 2. The Hall–Kier alpha value is -1.20. The van der Waals surface area contributed by atoms with Crippen LogP contribution in [0.3, 0.4) is 0 Å². The predicted octanol–water partition coefficient (Wildman–Crippen LogP) is 1.12. The maximum Gasteiger partial charge on any atom is 0.270 e. The van der Waals surface area contributed by atoms with Crippen molar-refractivity contribution < 1.29 is 9.18 Å². The number of amides is 1. The molecule has 1 aromatic heterocycles. The molecule has 2 rings (SSSR count). The van der Waals surface area contributed by atoms with Crippen molar-refractivity contribution in [3.05, 3.63) is 29.8 Å². The van der Waals surface area contributed by atoms with E-state index in [4.69, 9.17) is 0 Å². The molecular weight excluding hydrogens is 245 g/mol. The van der Waals surface area contributed by atoms with Gasteiger partial charge >= 0.3 is 0 Å². The molecule has 1 aromatic rings. The molecule has 1 fully saturated rings. The maximum atomic E-state index is 12.6. The number of carbonyl (C=O) groups is 1. The Morgan fingerprint density at radius 3 is 2.94 bits per heavy atom. The predicted molar refractivity (Wildman–Crippen MR) is 64.8 cm³/mol. The molecule has 0 unspecified atom stereocenters. The van der Waals surface area contributed by atoms with E-state index in [0.29, 0.717) is 0 Å². The van der Waals surface area contributed by atoms with Gasteiger partial charge in [-0.15, -0.1) is 12.4 Å². The zero-order valence-electron chi connectivity index (χ0n) is 9.28. The minimum Gasteiger partial charge on any atom is -0.347 e. The smallest absolute Gasteiger partial charge is 0.270 e. The molecule has 1 aliphatic rings. The summed E-state index contributed by atoms with van der Waals surface area (Å²) in [4.78, 5) is 15.4. The molecule has 0 spiro atoms. The minimum atomic E-state index is -0.434. The lowest BCUT2D eigenvalue weighted by atomic mass is 10.1. The normalized spacial score (nSPS) is 19.2. The van der Waals surface area contributed by atoms with Gasteiger partial charge in [-0.25, -0.2) is 9.37 Å². The SMILES string of the molecule is Cl.O=C(N[C@H]1CCCNC1)c1ccc(F)cn1. The van der Waals surface area contributed by atoms with Crippen LogP contribution in [0.15, 0.2) is 18.3 Å². The van der Waals surface area contributed by atoms with E-state index in [0.717, 1.165) is 32.1 Å². The molecule has 0 aromatic carbocycles. The standard InChI is InChI=1S/C11H14FN3O.ClH/c12-8-3-4-10(14-6-8)11(16)15-9-2-1-5-13-7-9;/h3-4,6,9,13H,1-2,5,7H2,(H,15,16);1H/t9-;/m0./s1. The Kier molecular flexibility index (Phi) is 5.31. The Morgan fingerprint density at radius 2 is 2.35 bits per heavy atom. The average molecular weight is 260 g/mol. The molecule has 17 heavy (non-hydrogen) atoms. The molecule has 1 saturated heterocycles. The number of nitrogens with zero attached hydrogens (tertiary/aromatic N) is 1. The molecule has 1 aliphatic heterocycles. The molecule has 0 saturated carbocycles. The average Bonchev–Trinajstić information content (AvgIpc) is 2.31. The fraction of sp³-hybridized carbons (Fsp3) is 0.455. The van der Waals surface area contributed by atoms with Crippen molar-refractivity contribution in [2.45, 2.75) is 18.9 Å². The maximum absolute atomic E-state index is 12.6. The fourth-order valence-electron chi connectivity index (χ4n) is 1.74. The number of hydrogen-bond acceptors (Lipinski definition) is 3. The van der Waals surface area contributed by atoms with E-state index in [1.54, 1.807) is 0 Å². The summed E-state index contributed by atoms with van der Waals surface area (Å²) in [5, 5.41) is 6.07. The number of piperidine rings is 1. The summed E-state index contributed by atoms with van der Waals surface area (Å²) in [6.07, 6.45) is 3.08. The second-order valence-electron chi connectivity index (χ2n) is 3.88. The monoisotopic (exact) mass is 259 g/mol. The Balaban J connectivity index is 0.00000144. The third-order valence-corrected chi connectivity index (χ3v) is 2.59. The van der Waals surface area contributed by atoms with Gasteiger partial charge in [0.1, 0.15) is 11.5 Å². The van der Waals surface area contributed by atoms with Gasteiger partial charge in [-0.3, -0.25) is 4.79 Å². The van der Waals surface area contributed by atoms with E-state index in [-0.39, 0.29) is 30.0 Å². The first-order valence-electron chi connectivity index (χ1n) is 5.39. The first-order chi connectivity index (χ1) is 7.75. The summed E-state index contributed by atoms with van der Waals surface area (Å²) in [5.41, 5.74) is 0.256. The van der Waals surface area contributed by atoms with E-state index in [9.17, 15) is 9.18 Å². The van der Waals surface area contributed by atoms with E-state index in [2.05, 4.69) is 15.6 Å². The Bertz CT molecular complexity index is 365. The van der Waals surface area contributed by atoms with Crippen molar-refractivity contribution in [2.24, 2.45) is 0 Å². The van der Waals surface area contributed by atoms with Crippen LogP contribution in [-0.4, -0.2) is 30.0 Å². The van der Waals surface area contributed by atoms with Crippen molar-refractivity contribution in [2.75, 3.05) is 13.1 Å². The second-order valence-corrected chi connectivity index (χ2v) is 3.88. The van der Waals surface area contributed by atoms with Crippen LogP contribution in [0.2, 0.25) is 0 Å². The van der Waals surface area contributed by atoms with Crippen molar-refractivity contribution in [3.63, 3.8) is 0 Å². The first kappa shape index (κ1) is 13.9. The largest absolute Gasteiger partial charge is 0.347 e. The first-order valence-corrected chi connectivity index (χ1v) is 5.39. The van der Waals surface area contributed by atoms with Crippen LogP contribution >= 0.6 is 12.4 Å². The van der Waals surface area contributed by atoms with Gasteiger partial charge in [-0.2, -0.15) is 0 Å². The molecule has 1 atom stereocenters. The number of carbonyl (C=O) groups excluding carboxylic acids is 1. The van der Waals surface area contributed by atoms with Crippen LogP contribution in [-0.2, 0) is 0 Å². The molecule has 94 valence electrons. The molecule has 6 heteroatoms. The number of halogens is 2. The number of pyridine rings is 1. The molecule has 0 aliphatic carbocycles. The van der Waals surface area contributed by atoms with Gasteiger partial charge in [0.25, 0.3) is 5.91 Å². The molecular formula is C11H15ClFN3O. The van der Waals surface area contributed by atoms with Crippen molar-refractivity contribution >= 4 is 18.3 Å². The number of nitrogens with one attached hydrogen (secondary N) is 2. The number of aromatic nitrogens is 1. The lowest BCUT2D eigenvalue weighted by Gasteiger charge is -2.23. The van der Waals surface area contributed by atoms with E-state index >= 15 is 0 Å². The van der Waals surface area contributed by atoms with Crippen LogP contribution in [0.4, 0.5) is 4.39 Å². The summed E-state index contributed by atoms with van der Waals surface area (Å²) >= 11 is 0. The van der Waals surface area contributed by atoms with Gasteiger partial charge in [0.05, 0.1) is 6.20 Å². The molecule has 2 N–H and O–H groups in total. The molecule has 0 bridgehead atoms. The third-order valence-electron chi connectivity index (χ3n) is 2.59. The Morgan fingerprint density at radius 1 is 1.53 bits per heavy atom. The van der Waals surface area contributed by atoms with Crippen LogP contribution in [0.5, 0.6) is 0 Å². The van der Waals surface area contributed by atoms with Crippen LogP contribution in [0.25, 0.3) is 0 Å². The van der Waals surface area contributed by atoms with Crippen LogP contribution < -0.4 is 10.6 Å². The van der Waals surface area contributed by atoms with Crippen molar-refractivity contribution in [1.29, 1.82) is 0 Å². The summed E-state index contributed by atoms with van der Waals surface area (Å²) in [6, 6.07) is 2.77. The highest BCUT2D eigenvalue weighted by atomic mass is 35.5. The highest BCUT2D eigenvalue weighted by Crippen LogP contribution is 2.03. The van der Waals surface area contributed by atoms with Crippen LogP contribution in [0, 0.1) is 5.82 Å². The van der Waals surface area contributed by atoms with Crippen LogP contribution in [0.1, 0.15) is 23.3 Å². The van der Waals surface area contributed by atoms with E-state index in [1.165, 1.54) is 12.1 Å². The summed E-state index contributed by atoms with van der Waals surface area (Å²) in [5.74, 6) is -0.676. The number of hydrogen-bond donors (Lipinski definition) is 2. The van der Waals surface area contributed by atoms with Crippen molar-refractivity contribution in [1.82, 2.24) is 15.6 Å². The van der Waals surface area contributed by atoms with Gasteiger partial charge in [-0.05, 0) is 31.5 Å². The lowest BCUT2D eigenvalue weighted by Crippen LogP contribution is -2.45. The molecule has 2 heterocycles. The summed E-state index contributed by atoms with van der Waals surface area (Å²) in [6.45, 7) is 1.79. The Labute approximate surface area is 105 Å². The van der Waals surface area contributed by atoms with Gasteiger partial charge in [0, 0.05) is 12.6 Å². The molecule has 4 nitrogen and oxygen atoms in total. The van der Waals surface area contributed by atoms with E-state index in [1.807, 2.05) is 0 Å². The van der Waals surface area contributed by atoms with Gasteiger partial charge in [0.2, 0.25) is 0 Å². The minimum absolute atomic E-state index is 0. The summed E-state index contributed by atoms with van der Waals surface area (Å²) in [7, 11) is 0. The van der Waals surface area contributed by atoms with Crippen molar-refractivity contribution in [3.8, 4) is 0 Å². The van der Waals surface area contributed by atoms with Gasteiger partial charge in [-0.1, -0.05) is 0 Å². The highest BCUT2D eigenvalue weighted by Gasteiger charge is 2.16. The lowest BCUT2D eigenvalue weighted by molar-refractivity contribution is 0.0925. The van der Waals surface area contributed by atoms with Gasteiger partial charge in [0.15, 0.2) is 0 Å². The fourth-order valence-corrected chi connectivity index (χ4v) is 1.74.